The minimum absolute atomic E-state index is 0.111. The highest BCUT2D eigenvalue weighted by molar-refractivity contribution is 8.18. The summed E-state index contributed by atoms with van der Waals surface area (Å²) in [5.41, 5.74) is 2.19. The van der Waals surface area contributed by atoms with Crippen molar-refractivity contribution in [3.63, 3.8) is 0 Å². The minimum Gasteiger partial charge on any atom is -0.378 e. The Kier molecular flexibility index (Phi) is 4.76. The molecule has 0 spiro atoms. The Morgan fingerprint density at radius 1 is 1.22 bits per heavy atom. The first-order chi connectivity index (χ1) is 11.0. The van der Waals surface area contributed by atoms with Crippen molar-refractivity contribution >= 4 is 34.6 Å². The van der Waals surface area contributed by atoms with E-state index in [1.54, 1.807) is 0 Å². The quantitative estimate of drug-likeness (QED) is 0.779. The third kappa shape index (κ3) is 3.78. The van der Waals surface area contributed by atoms with Crippen molar-refractivity contribution in [2.45, 2.75) is 19.8 Å². The second-order valence-corrected chi connectivity index (χ2v) is 7.47. The van der Waals surface area contributed by atoms with E-state index in [0.717, 1.165) is 40.3 Å². The summed E-state index contributed by atoms with van der Waals surface area (Å²) in [6, 6.07) is 8.20. The standard InChI is InChI=1S/C18H23N3OS/c1-13-8-10-21(11-9-13)18-19-17(22)16(23-18)12-14-4-6-15(7-5-14)20(2)3/h4-7,12-13H,8-11H2,1-3H3/b16-12+. The predicted octanol–water partition coefficient (Wildman–Crippen LogP) is 3.45. The van der Waals surface area contributed by atoms with Gasteiger partial charge in [-0.15, -0.1) is 0 Å². The molecule has 1 aromatic rings. The SMILES string of the molecule is CC1CCN(C2=NC(=O)/C(=C\c3ccc(N(C)C)cc3)S2)CC1. The fourth-order valence-electron chi connectivity index (χ4n) is 2.75. The molecule has 0 bridgehead atoms. The number of anilines is 1. The molecule has 2 aliphatic heterocycles. The molecule has 1 saturated heterocycles. The molecule has 0 aliphatic carbocycles. The maximum Gasteiger partial charge on any atom is 0.286 e. The van der Waals surface area contributed by atoms with Crippen LogP contribution in [0.1, 0.15) is 25.3 Å². The number of amides is 1. The van der Waals surface area contributed by atoms with Crippen LogP contribution >= 0.6 is 11.8 Å². The number of hydrogen-bond acceptors (Lipinski definition) is 4. The van der Waals surface area contributed by atoms with Gasteiger partial charge in [-0.05, 0) is 54.3 Å². The van der Waals surface area contributed by atoms with Gasteiger partial charge in [-0.25, -0.2) is 0 Å². The second-order valence-electron chi connectivity index (χ2n) is 6.47. The molecule has 0 atom stereocenters. The maximum atomic E-state index is 12.2. The van der Waals surface area contributed by atoms with Gasteiger partial charge in [0.25, 0.3) is 5.91 Å². The summed E-state index contributed by atoms with van der Waals surface area (Å²) < 4.78 is 0. The summed E-state index contributed by atoms with van der Waals surface area (Å²) in [5.74, 6) is 0.666. The fraction of sp³-hybridized carbons (Fsp3) is 0.444. The third-order valence-corrected chi connectivity index (χ3v) is 5.42. The molecule has 1 aromatic carbocycles. The van der Waals surface area contributed by atoms with Crippen LogP contribution in [0.25, 0.3) is 6.08 Å². The number of carbonyl (C=O) groups is 1. The summed E-state index contributed by atoms with van der Waals surface area (Å²) >= 11 is 1.51. The highest BCUT2D eigenvalue weighted by atomic mass is 32.2. The molecule has 0 saturated carbocycles. The zero-order valence-electron chi connectivity index (χ0n) is 14.0. The number of carbonyl (C=O) groups excluding carboxylic acids is 1. The third-order valence-electron chi connectivity index (χ3n) is 4.37. The van der Waals surface area contributed by atoms with Gasteiger partial charge >= 0.3 is 0 Å². The first-order valence-electron chi connectivity index (χ1n) is 8.08. The normalized spacial score (nSPS) is 21.0. The van der Waals surface area contributed by atoms with E-state index in [2.05, 4.69) is 33.8 Å². The Morgan fingerprint density at radius 3 is 2.48 bits per heavy atom. The lowest BCUT2D eigenvalue weighted by Crippen LogP contribution is -2.35. The van der Waals surface area contributed by atoms with Crippen molar-refractivity contribution in [2.75, 3.05) is 32.1 Å². The van der Waals surface area contributed by atoms with Gasteiger partial charge in [0, 0.05) is 32.9 Å². The topological polar surface area (TPSA) is 35.9 Å². The second kappa shape index (κ2) is 6.79. The van der Waals surface area contributed by atoms with E-state index in [1.165, 1.54) is 24.6 Å². The first kappa shape index (κ1) is 16.1. The molecule has 23 heavy (non-hydrogen) atoms. The van der Waals surface area contributed by atoms with E-state index in [-0.39, 0.29) is 5.91 Å². The van der Waals surface area contributed by atoms with Crippen LogP contribution in [0.5, 0.6) is 0 Å². The van der Waals surface area contributed by atoms with Crippen LogP contribution in [0, 0.1) is 5.92 Å². The van der Waals surface area contributed by atoms with Gasteiger partial charge in [0.05, 0.1) is 4.91 Å². The number of hydrogen-bond donors (Lipinski definition) is 0. The molecule has 4 nitrogen and oxygen atoms in total. The number of likely N-dealkylation sites (tertiary alicyclic amines) is 1. The van der Waals surface area contributed by atoms with Crippen LogP contribution in [-0.4, -0.2) is 43.2 Å². The smallest absolute Gasteiger partial charge is 0.286 e. The maximum absolute atomic E-state index is 12.2. The van der Waals surface area contributed by atoms with Gasteiger partial charge in [0.1, 0.15) is 0 Å². The van der Waals surface area contributed by atoms with E-state index in [1.807, 2.05) is 32.3 Å². The average molecular weight is 329 g/mol. The average Bonchev–Trinajstić information content (AvgIpc) is 2.89. The van der Waals surface area contributed by atoms with E-state index in [4.69, 9.17) is 0 Å². The van der Waals surface area contributed by atoms with Gasteiger partial charge in [-0.2, -0.15) is 4.99 Å². The molecule has 1 amide bonds. The van der Waals surface area contributed by atoms with Gasteiger partial charge in [-0.3, -0.25) is 4.79 Å². The zero-order chi connectivity index (χ0) is 16.4. The van der Waals surface area contributed by atoms with E-state index in [0.29, 0.717) is 0 Å². The summed E-state index contributed by atoms with van der Waals surface area (Å²) in [4.78, 5) is 21.4. The van der Waals surface area contributed by atoms with Crippen LogP contribution in [0.4, 0.5) is 5.69 Å². The highest BCUT2D eigenvalue weighted by Gasteiger charge is 2.28. The number of rotatable bonds is 2. The van der Waals surface area contributed by atoms with Gasteiger partial charge in [-0.1, -0.05) is 19.1 Å². The summed E-state index contributed by atoms with van der Waals surface area (Å²) in [6.45, 7) is 4.30. The Balaban J connectivity index is 1.69. The van der Waals surface area contributed by atoms with Crippen molar-refractivity contribution in [1.82, 2.24) is 4.90 Å². The Labute approximate surface area is 142 Å². The molecule has 0 unspecified atom stereocenters. The molecule has 3 rings (SSSR count). The molecule has 0 aromatic heterocycles. The number of aliphatic imine (C=N–C) groups is 1. The molecule has 0 radical (unpaired) electrons. The molecule has 1 fully saturated rings. The van der Waals surface area contributed by atoms with E-state index in [9.17, 15) is 4.79 Å². The minimum atomic E-state index is -0.111. The van der Waals surface area contributed by atoms with Crippen LogP contribution < -0.4 is 4.90 Å². The molecular formula is C18H23N3OS. The van der Waals surface area contributed by atoms with Crippen LogP contribution in [0.15, 0.2) is 34.2 Å². The van der Waals surface area contributed by atoms with E-state index >= 15 is 0 Å². The van der Waals surface area contributed by atoms with Gasteiger partial charge in [0.2, 0.25) is 0 Å². The van der Waals surface area contributed by atoms with Crippen molar-refractivity contribution in [2.24, 2.45) is 10.9 Å². The Bertz CT molecular complexity index is 641. The largest absolute Gasteiger partial charge is 0.378 e. The van der Waals surface area contributed by atoms with Crippen molar-refractivity contribution < 1.29 is 4.79 Å². The van der Waals surface area contributed by atoms with Crippen molar-refractivity contribution in [1.29, 1.82) is 0 Å². The van der Waals surface area contributed by atoms with Crippen molar-refractivity contribution in [3.05, 3.63) is 34.7 Å². The molecule has 122 valence electrons. The fourth-order valence-corrected chi connectivity index (χ4v) is 3.72. The monoisotopic (exact) mass is 329 g/mol. The first-order valence-corrected chi connectivity index (χ1v) is 8.89. The lowest BCUT2D eigenvalue weighted by molar-refractivity contribution is -0.113. The van der Waals surface area contributed by atoms with E-state index < -0.39 is 0 Å². The lowest BCUT2D eigenvalue weighted by atomic mass is 10.00. The number of nitrogens with zero attached hydrogens (tertiary/aromatic N) is 3. The zero-order valence-corrected chi connectivity index (χ0v) is 14.8. The van der Waals surface area contributed by atoms with Crippen LogP contribution in [-0.2, 0) is 4.79 Å². The molecule has 0 N–H and O–H groups in total. The summed E-state index contributed by atoms with van der Waals surface area (Å²) in [6.07, 6.45) is 4.30. The molecule has 2 heterocycles. The van der Waals surface area contributed by atoms with Crippen LogP contribution in [0.3, 0.4) is 0 Å². The van der Waals surface area contributed by atoms with Gasteiger partial charge < -0.3 is 9.80 Å². The molecular weight excluding hydrogens is 306 g/mol. The summed E-state index contributed by atoms with van der Waals surface area (Å²) in [5, 5.41) is 0.873. The Morgan fingerprint density at radius 2 is 1.87 bits per heavy atom. The lowest BCUT2D eigenvalue weighted by Gasteiger charge is -2.30. The van der Waals surface area contributed by atoms with Crippen molar-refractivity contribution in [3.8, 4) is 0 Å². The number of thioether (sulfide) groups is 1. The molecule has 2 aliphatic rings. The number of amidine groups is 1. The molecule has 5 heteroatoms. The Hall–Kier alpha value is -1.75. The number of piperidine rings is 1. The van der Waals surface area contributed by atoms with Gasteiger partial charge in [0.15, 0.2) is 5.17 Å². The highest BCUT2D eigenvalue weighted by Crippen LogP contribution is 2.32. The number of benzene rings is 1. The summed E-state index contributed by atoms with van der Waals surface area (Å²) in [7, 11) is 4.03. The predicted molar refractivity (Wildman–Crippen MR) is 98.8 cm³/mol. The van der Waals surface area contributed by atoms with Crippen LogP contribution in [0.2, 0.25) is 0 Å².